The minimum atomic E-state index is -1.98. The molecule has 26 heavy (non-hydrogen) atoms. The van der Waals surface area contributed by atoms with Gasteiger partial charge in [-0.05, 0) is 54.6 Å². The fourth-order valence-corrected chi connectivity index (χ4v) is 11.4. The van der Waals surface area contributed by atoms with Crippen LogP contribution in [0.1, 0.15) is 79.4 Å². The molecule has 0 saturated heterocycles. The van der Waals surface area contributed by atoms with Crippen molar-refractivity contribution in [2.45, 2.75) is 103 Å². The molecular formula is C22H38ClNOSi. The van der Waals surface area contributed by atoms with Crippen LogP contribution in [0.25, 0.3) is 0 Å². The smallest absolute Gasteiger partial charge is 0.200 e. The molecule has 2 atom stereocenters. The Hall–Kier alpha value is -0.513. The summed E-state index contributed by atoms with van der Waals surface area (Å²) in [6, 6.07) is 4.13. The van der Waals surface area contributed by atoms with Gasteiger partial charge in [0.1, 0.15) is 0 Å². The molecule has 0 unspecified atom stereocenters. The molecule has 0 bridgehead atoms. The Morgan fingerprint density at radius 3 is 2.00 bits per heavy atom. The zero-order valence-corrected chi connectivity index (χ0v) is 20.1. The molecule has 2 nitrogen and oxygen atoms in total. The summed E-state index contributed by atoms with van der Waals surface area (Å²) in [5, 5.41) is 4.63. The number of anilines is 1. The third kappa shape index (κ3) is 3.47. The minimum absolute atomic E-state index is 0.105. The first-order valence-electron chi connectivity index (χ1n) is 10.1. The normalized spacial score (nSPS) is 22.7. The average Bonchev–Trinajstić information content (AvgIpc) is 2.49. The Bertz CT molecular complexity index is 632. The standard InChI is InChI=1S/C22H38ClNOSi/c1-13(2)26(14(3)4,15(5)6)25-21-17(8)19-18(23)12-11-16(7)20(19)24-22(21,9)10/h11-15,17,21,24H,1-10H3/t17-,21+/m0/s1. The molecular weight excluding hydrogens is 358 g/mol. The number of nitrogens with one attached hydrogen (secondary N) is 1. The van der Waals surface area contributed by atoms with Gasteiger partial charge < -0.3 is 9.74 Å². The van der Waals surface area contributed by atoms with Crippen molar-refractivity contribution in [2.75, 3.05) is 5.32 Å². The van der Waals surface area contributed by atoms with Crippen molar-refractivity contribution < 1.29 is 4.43 Å². The van der Waals surface area contributed by atoms with E-state index in [1.54, 1.807) is 0 Å². The number of benzene rings is 1. The van der Waals surface area contributed by atoms with E-state index in [1.165, 1.54) is 16.8 Å². The maximum absolute atomic E-state index is 7.26. The van der Waals surface area contributed by atoms with Gasteiger partial charge in [-0.2, -0.15) is 0 Å². The monoisotopic (exact) mass is 395 g/mol. The number of fused-ring (bicyclic) bond motifs is 1. The van der Waals surface area contributed by atoms with Gasteiger partial charge in [-0.25, -0.2) is 0 Å². The first-order chi connectivity index (χ1) is 11.9. The zero-order valence-electron chi connectivity index (χ0n) is 18.3. The Morgan fingerprint density at radius 1 is 1.04 bits per heavy atom. The quantitative estimate of drug-likeness (QED) is 0.520. The molecule has 0 saturated carbocycles. The van der Waals surface area contributed by atoms with Gasteiger partial charge in [-0.15, -0.1) is 0 Å². The van der Waals surface area contributed by atoms with Gasteiger partial charge in [0.25, 0.3) is 0 Å². The third-order valence-electron chi connectivity index (χ3n) is 6.51. The van der Waals surface area contributed by atoms with Crippen molar-refractivity contribution in [1.29, 1.82) is 0 Å². The van der Waals surface area contributed by atoms with Crippen LogP contribution in [0, 0.1) is 6.92 Å². The molecule has 1 aliphatic heterocycles. The van der Waals surface area contributed by atoms with E-state index in [4.69, 9.17) is 16.0 Å². The van der Waals surface area contributed by atoms with Crippen LogP contribution in [0.3, 0.4) is 0 Å². The van der Waals surface area contributed by atoms with E-state index in [2.05, 4.69) is 80.6 Å². The zero-order chi connectivity index (χ0) is 20.0. The highest BCUT2D eigenvalue weighted by Gasteiger charge is 2.51. The Labute approximate surface area is 167 Å². The van der Waals surface area contributed by atoms with E-state index in [0.717, 1.165) is 5.02 Å². The summed E-state index contributed by atoms with van der Waals surface area (Å²) in [5.74, 6) is 0.261. The third-order valence-corrected chi connectivity index (χ3v) is 12.9. The van der Waals surface area contributed by atoms with Gasteiger partial charge in [0.05, 0.1) is 11.6 Å². The molecule has 1 N–H and O–H groups in total. The highest BCUT2D eigenvalue weighted by atomic mass is 35.5. The van der Waals surface area contributed by atoms with Crippen LogP contribution in [-0.2, 0) is 4.43 Å². The molecule has 0 amide bonds. The van der Waals surface area contributed by atoms with Crippen LogP contribution in [0.4, 0.5) is 5.69 Å². The summed E-state index contributed by atoms with van der Waals surface area (Å²) in [6.45, 7) is 23.1. The Kier molecular flexibility index (Phi) is 6.27. The lowest BCUT2D eigenvalue weighted by Crippen LogP contribution is -2.59. The first-order valence-corrected chi connectivity index (χ1v) is 12.6. The summed E-state index contributed by atoms with van der Waals surface area (Å²) < 4.78 is 7.26. The number of aryl methyl sites for hydroxylation is 1. The predicted octanol–water partition coefficient (Wildman–Crippen LogP) is 7.52. The molecule has 1 aromatic carbocycles. The molecule has 0 radical (unpaired) electrons. The minimum Gasteiger partial charge on any atom is -0.410 e. The van der Waals surface area contributed by atoms with Gasteiger partial charge >= 0.3 is 0 Å². The summed E-state index contributed by atoms with van der Waals surface area (Å²) in [6.07, 6.45) is 0.105. The second-order valence-corrected chi connectivity index (χ2v) is 15.5. The van der Waals surface area contributed by atoms with Crippen LogP contribution < -0.4 is 5.32 Å². The summed E-state index contributed by atoms with van der Waals surface area (Å²) >= 11 is 6.64. The van der Waals surface area contributed by atoms with Gasteiger partial charge in [0, 0.05) is 16.6 Å². The fourth-order valence-electron chi connectivity index (χ4n) is 5.36. The molecule has 0 aliphatic carbocycles. The van der Waals surface area contributed by atoms with E-state index >= 15 is 0 Å². The molecule has 0 aromatic heterocycles. The van der Waals surface area contributed by atoms with Crippen molar-refractivity contribution in [3.63, 3.8) is 0 Å². The SMILES string of the molecule is Cc1ccc(Cl)c2c1NC(C)(C)[C@H](O[Si](C(C)C)(C(C)C)C(C)C)[C@H]2C. The summed E-state index contributed by atoms with van der Waals surface area (Å²) in [5.41, 5.74) is 5.23. The molecule has 2 rings (SSSR count). The highest BCUT2D eigenvalue weighted by molar-refractivity contribution is 6.77. The van der Waals surface area contributed by atoms with Crippen molar-refractivity contribution >= 4 is 25.6 Å². The maximum Gasteiger partial charge on any atom is 0.200 e. The number of halogens is 1. The fraction of sp³-hybridized carbons (Fsp3) is 0.727. The van der Waals surface area contributed by atoms with Crippen LogP contribution in [0.2, 0.25) is 21.6 Å². The van der Waals surface area contributed by atoms with Crippen molar-refractivity contribution in [1.82, 2.24) is 0 Å². The van der Waals surface area contributed by atoms with Crippen molar-refractivity contribution in [3.05, 3.63) is 28.3 Å². The topological polar surface area (TPSA) is 21.3 Å². The average molecular weight is 396 g/mol. The van der Waals surface area contributed by atoms with E-state index < -0.39 is 8.32 Å². The molecule has 0 fully saturated rings. The molecule has 1 aromatic rings. The van der Waals surface area contributed by atoms with E-state index in [9.17, 15) is 0 Å². The van der Waals surface area contributed by atoms with E-state index in [-0.39, 0.29) is 17.6 Å². The largest absolute Gasteiger partial charge is 0.410 e. The lowest BCUT2D eigenvalue weighted by molar-refractivity contribution is 0.0913. The second-order valence-electron chi connectivity index (χ2n) is 9.64. The van der Waals surface area contributed by atoms with Crippen LogP contribution in [-0.4, -0.2) is 20.0 Å². The van der Waals surface area contributed by atoms with Gasteiger partial charge in [-0.3, -0.25) is 0 Å². The van der Waals surface area contributed by atoms with Crippen LogP contribution >= 0.6 is 11.6 Å². The maximum atomic E-state index is 7.26. The lowest BCUT2D eigenvalue weighted by atomic mass is 9.78. The predicted molar refractivity (Wildman–Crippen MR) is 118 cm³/mol. The second kappa shape index (κ2) is 7.48. The summed E-state index contributed by atoms with van der Waals surface area (Å²) in [4.78, 5) is 0. The van der Waals surface area contributed by atoms with Gasteiger partial charge in [0.15, 0.2) is 0 Å². The molecule has 4 heteroatoms. The van der Waals surface area contributed by atoms with E-state index in [1.807, 2.05) is 6.07 Å². The van der Waals surface area contributed by atoms with E-state index in [0.29, 0.717) is 16.6 Å². The first kappa shape index (κ1) is 21.8. The molecule has 148 valence electrons. The Morgan fingerprint density at radius 2 is 1.54 bits per heavy atom. The molecule has 1 heterocycles. The Balaban J connectivity index is 2.56. The van der Waals surface area contributed by atoms with Crippen LogP contribution in [0.5, 0.6) is 0 Å². The number of rotatable bonds is 5. The molecule has 0 spiro atoms. The number of hydrogen-bond donors (Lipinski definition) is 1. The lowest BCUT2D eigenvalue weighted by Gasteiger charge is -2.52. The molecule has 1 aliphatic rings. The van der Waals surface area contributed by atoms with Gasteiger partial charge in [0.2, 0.25) is 8.32 Å². The van der Waals surface area contributed by atoms with Crippen molar-refractivity contribution in [2.24, 2.45) is 0 Å². The van der Waals surface area contributed by atoms with Crippen molar-refractivity contribution in [3.8, 4) is 0 Å². The highest BCUT2D eigenvalue weighted by Crippen LogP contribution is 2.50. The summed E-state index contributed by atoms with van der Waals surface area (Å²) in [7, 11) is -1.98. The number of hydrogen-bond acceptors (Lipinski definition) is 2. The van der Waals surface area contributed by atoms with Gasteiger partial charge in [-0.1, -0.05) is 66.1 Å². The van der Waals surface area contributed by atoms with Crippen LogP contribution in [0.15, 0.2) is 12.1 Å².